The molecule has 0 aliphatic rings. The molecule has 0 fully saturated rings. The third-order valence-corrected chi connectivity index (χ3v) is 5.46. The van der Waals surface area contributed by atoms with Crippen LogP contribution in [-0.4, -0.2) is 19.4 Å². The second-order valence-corrected chi connectivity index (χ2v) is 8.08. The van der Waals surface area contributed by atoms with Gasteiger partial charge in [-0.3, -0.25) is 9.52 Å². The number of halogens is 1. The van der Waals surface area contributed by atoms with E-state index in [1.807, 2.05) is 0 Å². The number of carbonyl (C=O) groups excluding carboxylic acids is 1. The maximum Gasteiger partial charge on any atom is 0.261 e. The number of hydrogen-bond acceptors (Lipinski definition) is 4. The number of sulfonamides is 1. The van der Waals surface area contributed by atoms with Gasteiger partial charge in [-0.2, -0.15) is 0 Å². The number of aliphatic hydroxyl groups excluding tert-OH is 1. The molecule has 1 amide bonds. The Hall–Kier alpha value is -2.87. The van der Waals surface area contributed by atoms with Gasteiger partial charge in [-0.05, 0) is 54.1 Å². The van der Waals surface area contributed by atoms with E-state index in [4.69, 9.17) is 11.6 Å². The highest BCUT2D eigenvalue weighted by molar-refractivity contribution is 7.92. The Balaban J connectivity index is 1.81. The van der Waals surface area contributed by atoms with E-state index in [9.17, 15) is 18.3 Å². The van der Waals surface area contributed by atoms with Gasteiger partial charge in [-0.15, -0.1) is 0 Å². The second kappa shape index (κ2) is 8.43. The minimum atomic E-state index is -3.89. The smallest absolute Gasteiger partial charge is 0.261 e. The van der Waals surface area contributed by atoms with Crippen LogP contribution >= 0.6 is 11.6 Å². The lowest BCUT2D eigenvalue weighted by molar-refractivity contribution is 0.102. The Morgan fingerprint density at radius 1 is 0.929 bits per heavy atom. The van der Waals surface area contributed by atoms with Crippen LogP contribution in [0.2, 0.25) is 5.02 Å². The van der Waals surface area contributed by atoms with E-state index >= 15 is 0 Å². The van der Waals surface area contributed by atoms with Crippen LogP contribution in [0.5, 0.6) is 0 Å². The summed E-state index contributed by atoms with van der Waals surface area (Å²) < 4.78 is 27.7. The standard InChI is InChI=1S/C20H17ClN2O4S/c21-16-6-3-8-18(12-16)23-28(26,27)19-9-2-5-15(11-19)20(25)22-17-7-1-4-14(10-17)13-24/h1-12,23-24H,13H2,(H,22,25). The molecule has 3 N–H and O–H groups in total. The third kappa shape index (κ3) is 4.89. The van der Waals surface area contributed by atoms with Crippen molar-refractivity contribution in [3.8, 4) is 0 Å². The highest BCUT2D eigenvalue weighted by Gasteiger charge is 2.17. The molecule has 3 aromatic carbocycles. The van der Waals surface area contributed by atoms with Gasteiger partial charge >= 0.3 is 0 Å². The summed E-state index contributed by atoms with van der Waals surface area (Å²) in [5, 5.41) is 12.3. The van der Waals surface area contributed by atoms with Gasteiger partial charge in [0.05, 0.1) is 17.2 Å². The van der Waals surface area contributed by atoms with Gasteiger partial charge in [0.15, 0.2) is 0 Å². The van der Waals surface area contributed by atoms with Crippen molar-refractivity contribution in [2.75, 3.05) is 10.0 Å². The van der Waals surface area contributed by atoms with Crippen LogP contribution in [0.3, 0.4) is 0 Å². The van der Waals surface area contributed by atoms with Gasteiger partial charge in [0.1, 0.15) is 0 Å². The Labute approximate surface area is 167 Å². The molecular weight excluding hydrogens is 400 g/mol. The van der Waals surface area contributed by atoms with Gasteiger partial charge in [0, 0.05) is 16.3 Å². The van der Waals surface area contributed by atoms with Gasteiger partial charge < -0.3 is 10.4 Å². The molecule has 6 nitrogen and oxygen atoms in total. The molecule has 3 aromatic rings. The summed E-state index contributed by atoms with van der Waals surface area (Å²) in [7, 11) is -3.89. The molecule has 0 aliphatic carbocycles. The third-order valence-electron chi connectivity index (χ3n) is 3.85. The number of amides is 1. The van der Waals surface area contributed by atoms with Crippen molar-refractivity contribution < 1.29 is 18.3 Å². The van der Waals surface area contributed by atoms with Crippen molar-refractivity contribution in [1.29, 1.82) is 0 Å². The lowest BCUT2D eigenvalue weighted by Crippen LogP contribution is -2.16. The van der Waals surface area contributed by atoms with Crippen LogP contribution in [-0.2, 0) is 16.6 Å². The lowest BCUT2D eigenvalue weighted by Gasteiger charge is -2.10. The molecule has 28 heavy (non-hydrogen) atoms. The predicted molar refractivity (Wildman–Crippen MR) is 109 cm³/mol. The minimum Gasteiger partial charge on any atom is -0.392 e. The molecule has 0 heterocycles. The molecule has 144 valence electrons. The zero-order valence-corrected chi connectivity index (χ0v) is 16.2. The highest BCUT2D eigenvalue weighted by atomic mass is 35.5. The molecule has 8 heteroatoms. The molecule has 0 aromatic heterocycles. The van der Waals surface area contributed by atoms with Crippen molar-refractivity contribution >= 4 is 38.9 Å². The first-order chi connectivity index (χ1) is 13.4. The Bertz CT molecular complexity index is 1120. The molecule has 0 bridgehead atoms. The number of anilines is 2. The predicted octanol–water partition coefficient (Wildman–Crippen LogP) is 3.89. The maximum absolute atomic E-state index is 12.6. The lowest BCUT2D eigenvalue weighted by atomic mass is 10.2. The zero-order valence-electron chi connectivity index (χ0n) is 14.6. The molecule has 0 saturated heterocycles. The van der Waals surface area contributed by atoms with Crippen LogP contribution < -0.4 is 10.0 Å². The van der Waals surface area contributed by atoms with Crippen molar-refractivity contribution in [2.24, 2.45) is 0 Å². The zero-order chi connectivity index (χ0) is 20.1. The fourth-order valence-electron chi connectivity index (χ4n) is 2.52. The van der Waals surface area contributed by atoms with Crippen LogP contribution in [0.1, 0.15) is 15.9 Å². The topological polar surface area (TPSA) is 95.5 Å². The SMILES string of the molecule is O=C(Nc1cccc(CO)c1)c1cccc(S(=O)(=O)Nc2cccc(Cl)c2)c1. The van der Waals surface area contributed by atoms with Crippen LogP contribution in [0.4, 0.5) is 11.4 Å². The normalized spacial score (nSPS) is 11.1. The minimum absolute atomic E-state index is 0.0516. The number of nitrogens with one attached hydrogen (secondary N) is 2. The van der Waals surface area contributed by atoms with Crippen LogP contribution in [0.15, 0.2) is 77.7 Å². The molecule has 0 aliphatic heterocycles. The molecular formula is C20H17ClN2O4S. The summed E-state index contributed by atoms with van der Waals surface area (Å²) in [6, 6.07) is 18.8. The Morgan fingerprint density at radius 2 is 1.64 bits per heavy atom. The van der Waals surface area contributed by atoms with Crippen LogP contribution in [0.25, 0.3) is 0 Å². The van der Waals surface area contributed by atoms with E-state index in [-0.39, 0.29) is 17.1 Å². The van der Waals surface area contributed by atoms with Gasteiger partial charge in [-0.25, -0.2) is 8.42 Å². The van der Waals surface area contributed by atoms with Crippen molar-refractivity contribution in [2.45, 2.75) is 11.5 Å². The first kappa shape index (κ1) is 19.9. The first-order valence-electron chi connectivity index (χ1n) is 8.27. The monoisotopic (exact) mass is 416 g/mol. The fraction of sp³-hybridized carbons (Fsp3) is 0.0500. The largest absolute Gasteiger partial charge is 0.392 e. The summed E-state index contributed by atoms with van der Waals surface area (Å²) in [4.78, 5) is 12.4. The fourth-order valence-corrected chi connectivity index (χ4v) is 3.81. The molecule has 0 unspecified atom stereocenters. The number of hydrogen-bond donors (Lipinski definition) is 3. The average molecular weight is 417 g/mol. The van der Waals surface area contributed by atoms with Crippen molar-refractivity contribution in [1.82, 2.24) is 0 Å². The molecule has 0 saturated carbocycles. The molecule has 0 spiro atoms. The van der Waals surface area contributed by atoms with Gasteiger partial charge in [0.25, 0.3) is 15.9 Å². The van der Waals surface area contributed by atoms with Crippen molar-refractivity contribution in [3.05, 3.63) is 88.9 Å². The van der Waals surface area contributed by atoms with E-state index < -0.39 is 15.9 Å². The van der Waals surface area contributed by atoms with E-state index in [0.717, 1.165) is 0 Å². The number of rotatable bonds is 6. The second-order valence-electron chi connectivity index (χ2n) is 5.96. The summed E-state index contributed by atoms with van der Waals surface area (Å²) in [5.74, 6) is -0.463. The summed E-state index contributed by atoms with van der Waals surface area (Å²) in [6.07, 6.45) is 0. The average Bonchev–Trinajstić information content (AvgIpc) is 2.68. The van der Waals surface area contributed by atoms with E-state index in [2.05, 4.69) is 10.0 Å². The highest BCUT2D eigenvalue weighted by Crippen LogP contribution is 2.21. The Kier molecular flexibility index (Phi) is 5.99. The van der Waals surface area contributed by atoms with E-state index in [1.165, 1.54) is 30.3 Å². The van der Waals surface area contributed by atoms with E-state index in [0.29, 0.717) is 22.0 Å². The molecule has 0 radical (unpaired) electrons. The number of benzene rings is 3. The van der Waals surface area contributed by atoms with Crippen molar-refractivity contribution in [3.63, 3.8) is 0 Å². The van der Waals surface area contributed by atoms with Crippen LogP contribution in [0, 0.1) is 0 Å². The van der Waals surface area contributed by atoms with Gasteiger partial charge in [-0.1, -0.05) is 35.9 Å². The first-order valence-corrected chi connectivity index (χ1v) is 10.1. The number of aliphatic hydroxyl groups is 1. The summed E-state index contributed by atoms with van der Waals surface area (Å²) in [5.41, 5.74) is 1.66. The number of carbonyl (C=O) groups is 1. The summed E-state index contributed by atoms with van der Waals surface area (Å²) in [6.45, 7) is -0.146. The Morgan fingerprint density at radius 3 is 2.39 bits per heavy atom. The van der Waals surface area contributed by atoms with Gasteiger partial charge in [0.2, 0.25) is 0 Å². The molecule has 3 rings (SSSR count). The quantitative estimate of drug-likeness (QED) is 0.568. The maximum atomic E-state index is 12.6. The van der Waals surface area contributed by atoms with E-state index in [1.54, 1.807) is 42.5 Å². The molecule has 0 atom stereocenters. The summed E-state index contributed by atoms with van der Waals surface area (Å²) >= 11 is 5.88.